The van der Waals surface area contributed by atoms with Crippen molar-refractivity contribution in [2.24, 2.45) is 0 Å². The molecule has 5 rings (SSSR count). The predicted molar refractivity (Wildman–Crippen MR) is 221 cm³/mol. The minimum absolute atomic E-state index is 0.0149. The van der Waals surface area contributed by atoms with Crippen LogP contribution < -0.4 is 10.4 Å². The summed E-state index contributed by atoms with van der Waals surface area (Å²) in [5.74, 6) is 0. The van der Waals surface area contributed by atoms with Crippen LogP contribution in [0.2, 0.25) is 5.04 Å². The molecule has 5 aromatic carbocycles. The maximum Gasteiger partial charge on any atom is 0.261 e. The van der Waals surface area contributed by atoms with E-state index in [4.69, 9.17) is 13.9 Å². The van der Waals surface area contributed by atoms with E-state index in [1.807, 2.05) is 7.11 Å². The second-order valence-electron chi connectivity index (χ2n) is 14.8. The Labute approximate surface area is 314 Å². The molecular weight excluding hydrogens is 653 g/mol. The fourth-order valence-electron chi connectivity index (χ4n) is 7.59. The Morgan fingerprint density at radius 1 is 0.558 bits per heavy atom. The number of hydrogen-bond donors (Lipinski definition) is 0. The summed E-state index contributed by atoms with van der Waals surface area (Å²) in [4.78, 5) is 0. The van der Waals surface area contributed by atoms with Gasteiger partial charge in [0.25, 0.3) is 8.32 Å². The molecule has 0 aliphatic heterocycles. The lowest BCUT2D eigenvalue weighted by Crippen LogP contribution is -2.67. The fourth-order valence-corrected chi connectivity index (χ4v) is 12.3. The number of unbranched alkanes of at least 4 members (excludes halogenated alkanes) is 1. The highest BCUT2D eigenvalue weighted by molar-refractivity contribution is 6.99. The normalized spacial score (nSPS) is 13.6. The first-order valence-corrected chi connectivity index (χ1v) is 21.0. The molecule has 52 heavy (non-hydrogen) atoms. The van der Waals surface area contributed by atoms with Crippen LogP contribution >= 0.6 is 0 Å². The Morgan fingerprint density at radius 3 is 1.40 bits per heavy atom. The summed E-state index contributed by atoms with van der Waals surface area (Å²) in [6.45, 7) is 9.88. The van der Waals surface area contributed by atoms with Gasteiger partial charge in [0.05, 0.1) is 12.7 Å². The zero-order chi connectivity index (χ0) is 36.7. The van der Waals surface area contributed by atoms with Crippen LogP contribution in [0, 0.1) is 0 Å². The standard InChI is InChI=1S/C48H58O3Si/c1-40(51-52(47(2,3)4,45-34-22-12-23-35-45)46-36-24-13-25-37-46)26-14-7-6-8-21-33-44(49-5)38-39-50-48(41-27-15-9-16-28-41,42-29-17-10-18-30-42)43-31-19-11-20-32-43/h6,8-13,15-20,22-25,27-32,34-37,40,44H,7,14,21,26,33,38-39H2,1-5H3/b8-6+/t40-,44-/m1/s1. The second-order valence-corrected chi connectivity index (χ2v) is 19.1. The van der Waals surface area contributed by atoms with Crippen LogP contribution in [0.3, 0.4) is 0 Å². The molecule has 0 fully saturated rings. The van der Waals surface area contributed by atoms with Crippen molar-refractivity contribution in [2.45, 2.75) is 89.1 Å². The summed E-state index contributed by atoms with van der Waals surface area (Å²) >= 11 is 0. The summed E-state index contributed by atoms with van der Waals surface area (Å²) in [7, 11) is -0.714. The maximum absolute atomic E-state index is 7.28. The Hall–Kier alpha value is -4.06. The Balaban J connectivity index is 1.15. The third kappa shape index (κ3) is 9.48. The van der Waals surface area contributed by atoms with E-state index < -0.39 is 13.9 Å². The van der Waals surface area contributed by atoms with E-state index in [0.29, 0.717) is 6.61 Å². The average molecular weight is 711 g/mol. The van der Waals surface area contributed by atoms with Gasteiger partial charge in [0.15, 0.2) is 0 Å². The van der Waals surface area contributed by atoms with E-state index in [1.165, 1.54) is 10.4 Å². The van der Waals surface area contributed by atoms with Crippen molar-refractivity contribution in [3.05, 3.63) is 181 Å². The molecule has 3 nitrogen and oxygen atoms in total. The topological polar surface area (TPSA) is 27.7 Å². The highest BCUT2D eigenvalue weighted by Gasteiger charge is 2.50. The molecule has 272 valence electrons. The third-order valence-electron chi connectivity index (χ3n) is 10.2. The third-order valence-corrected chi connectivity index (χ3v) is 15.4. The molecule has 0 unspecified atom stereocenters. The monoisotopic (exact) mass is 710 g/mol. The number of ether oxygens (including phenoxy) is 2. The van der Waals surface area contributed by atoms with E-state index in [-0.39, 0.29) is 17.2 Å². The summed E-state index contributed by atoms with van der Waals surface area (Å²) < 4.78 is 20.2. The largest absolute Gasteiger partial charge is 0.405 e. The second kappa shape index (κ2) is 19.1. The molecule has 0 bridgehead atoms. The lowest BCUT2D eigenvalue weighted by atomic mass is 9.80. The van der Waals surface area contributed by atoms with Gasteiger partial charge < -0.3 is 13.9 Å². The highest BCUT2D eigenvalue weighted by Crippen LogP contribution is 2.41. The minimum atomic E-state index is -2.53. The SMILES string of the molecule is CO[C@H](CC/C=C/CCC[C@@H](C)O[Si](c1ccccc1)(c1ccccc1)C(C)(C)C)CCOC(c1ccccc1)(c1ccccc1)c1ccccc1. The van der Waals surface area contributed by atoms with Gasteiger partial charge >= 0.3 is 0 Å². The molecule has 0 saturated carbocycles. The fraction of sp³-hybridized carbons (Fsp3) is 0.333. The van der Waals surface area contributed by atoms with Crippen molar-refractivity contribution < 1.29 is 13.9 Å². The molecule has 0 heterocycles. The zero-order valence-electron chi connectivity index (χ0n) is 31.9. The van der Waals surface area contributed by atoms with Crippen LogP contribution in [-0.2, 0) is 19.5 Å². The van der Waals surface area contributed by atoms with Gasteiger partial charge in [-0.25, -0.2) is 0 Å². The van der Waals surface area contributed by atoms with Crippen LogP contribution in [0.1, 0.15) is 82.9 Å². The lowest BCUT2D eigenvalue weighted by molar-refractivity contribution is -0.0143. The smallest absolute Gasteiger partial charge is 0.261 e. The van der Waals surface area contributed by atoms with Crippen molar-refractivity contribution >= 4 is 18.7 Å². The molecule has 0 N–H and O–H groups in total. The van der Waals surface area contributed by atoms with E-state index in [1.54, 1.807) is 0 Å². The molecule has 2 atom stereocenters. The van der Waals surface area contributed by atoms with Gasteiger partial charge in [0.1, 0.15) is 5.60 Å². The number of benzene rings is 5. The van der Waals surface area contributed by atoms with Gasteiger partial charge in [-0.1, -0.05) is 185 Å². The molecule has 0 amide bonds. The first-order chi connectivity index (χ1) is 25.3. The summed E-state index contributed by atoms with van der Waals surface area (Å²) in [5.41, 5.74) is 2.65. The lowest BCUT2D eigenvalue weighted by Gasteiger charge is -2.44. The Morgan fingerprint density at radius 2 is 0.981 bits per heavy atom. The number of methoxy groups -OCH3 is 1. The molecule has 0 aliphatic rings. The maximum atomic E-state index is 7.28. The van der Waals surface area contributed by atoms with Crippen molar-refractivity contribution in [2.75, 3.05) is 13.7 Å². The molecule has 0 aliphatic carbocycles. The van der Waals surface area contributed by atoms with Crippen molar-refractivity contribution in [3.63, 3.8) is 0 Å². The molecular formula is C48H58O3Si. The Bertz CT molecular complexity index is 1600. The van der Waals surface area contributed by atoms with Gasteiger partial charge in [0.2, 0.25) is 0 Å². The van der Waals surface area contributed by atoms with Gasteiger partial charge in [-0.15, -0.1) is 0 Å². The van der Waals surface area contributed by atoms with Crippen molar-refractivity contribution in [3.8, 4) is 0 Å². The number of allylic oxidation sites excluding steroid dienone is 2. The van der Waals surface area contributed by atoms with Crippen LogP contribution in [0.5, 0.6) is 0 Å². The molecule has 0 radical (unpaired) electrons. The van der Waals surface area contributed by atoms with E-state index in [2.05, 4.69) is 192 Å². The van der Waals surface area contributed by atoms with E-state index >= 15 is 0 Å². The van der Waals surface area contributed by atoms with Gasteiger partial charge in [-0.3, -0.25) is 0 Å². The van der Waals surface area contributed by atoms with Gasteiger partial charge in [-0.05, 0) is 77.6 Å². The van der Waals surface area contributed by atoms with Gasteiger partial charge in [0, 0.05) is 13.2 Å². The zero-order valence-corrected chi connectivity index (χ0v) is 32.9. The van der Waals surface area contributed by atoms with Crippen molar-refractivity contribution in [1.29, 1.82) is 0 Å². The van der Waals surface area contributed by atoms with E-state index in [0.717, 1.165) is 55.2 Å². The average Bonchev–Trinajstić information content (AvgIpc) is 3.18. The molecule has 0 spiro atoms. The minimum Gasteiger partial charge on any atom is -0.405 e. The summed E-state index contributed by atoms with van der Waals surface area (Å²) in [5, 5.41) is 2.66. The first kappa shape index (κ1) is 39.2. The quantitative estimate of drug-likeness (QED) is 0.0370. The van der Waals surface area contributed by atoms with E-state index in [9.17, 15) is 0 Å². The van der Waals surface area contributed by atoms with Gasteiger partial charge in [-0.2, -0.15) is 0 Å². The molecule has 0 saturated heterocycles. The molecule has 5 aromatic rings. The predicted octanol–water partition coefficient (Wildman–Crippen LogP) is 10.9. The molecule has 4 heteroatoms. The van der Waals surface area contributed by atoms with Crippen LogP contribution in [-0.4, -0.2) is 34.2 Å². The highest BCUT2D eigenvalue weighted by atomic mass is 28.4. The Kier molecular flexibility index (Phi) is 14.4. The number of hydrogen-bond acceptors (Lipinski definition) is 3. The number of rotatable bonds is 19. The van der Waals surface area contributed by atoms with Crippen LogP contribution in [0.25, 0.3) is 0 Å². The van der Waals surface area contributed by atoms with Crippen molar-refractivity contribution in [1.82, 2.24) is 0 Å². The van der Waals surface area contributed by atoms with Crippen LogP contribution in [0.4, 0.5) is 0 Å². The molecule has 0 aromatic heterocycles. The summed E-state index contributed by atoms with van der Waals surface area (Å²) in [6.07, 6.45) is 10.9. The van der Waals surface area contributed by atoms with Crippen LogP contribution in [0.15, 0.2) is 164 Å². The first-order valence-electron chi connectivity index (χ1n) is 19.1. The summed E-state index contributed by atoms with van der Waals surface area (Å²) in [6, 6.07) is 53.6.